The third kappa shape index (κ3) is 4.67. The van der Waals surface area contributed by atoms with Crippen molar-refractivity contribution in [2.45, 2.75) is 6.61 Å². The molecule has 0 atom stereocenters. The molecular formula is C23H15Cl2NO3. The number of hydrogen-bond donors (Lipinski definition) is 0. The highest BCUT2D eigenvalue weighted by Gasteiger charge is 2.24. The number of hydrogen-bond acceptors (Lipinski definition) is 4. The van der Waals surface area contributed by atoms with Crippen LogP contribution in [0.5, 0.6) is 5.75 Å². The van der Waals surface area contributed by atoms with Crippen LogP contribution in [0.2, 0.25) is 10.0 Å². The Balaban J connectivity index is 1.57. The van der Waals surface area contributed by atoms with Gasteiger partial charge in [0, 0.05) is 21.2 Å². The number of nitrogens with zero attached hydrogens (tertiary/aromatic N) is 1. The molecule has 0 fully saturated rings. The maximum atomic E-state index is 12.3. The lowest BCUT2D eigenvalue weighted by Gasteiger charge is -2.09. The summed E-state index contributed by atoms with van der Waals surface area (Å²) in [5.74, 6) is 0.338. The zero-order chi connectivity index (χ0) is 20.2. The first kappa shape index (κ1) is 19.2. The second-order valence-corrected chi connectivity index (χ2v) is 7.17. The van der Waals surface area contributed by atoms with E-state index in [2.05, 4.69) is 4.99 Å². The van der Waals surface area contributed by atoms with Gasteiger partial charge >= 0.3 is 5.97 Å². The third-order valence-corrected chi connectivity index (χ3v) is 4.70. The lowest BCUT2D eigenvalue weighted by Crippen LogP contribution is -2.05. The summed E-state index contributed by atoms with van der Waals surface area (Å²) >= 11 is 11.9. The lowest BCUT2D eigenvalue weighted by molar-refractivity contribution is -0.129. The van der Waals surface area contributed by atoms with Crippen molar-refractivity contribution in [2.24, 2.45) is 4.99 Å². The van der Waals surface area contributed by atoms with Crippen LogP contribution in [0.1, 0.15) is 16.7 Å². The Morgan fingerprint density at radius 3 is 2.52 bits per heavy atom. The van der Waals surface area contributed by atoms with Gasteiger partial charge in [0.1, 0.15) is 12.4 Å². The van der Waals surface area contributed by atoms with Gasteiger partial charge in [-0.1, -0.05) is 59.6 Å². The molecule has 0 spiro atoms. The highest BCUT2D eigenvalue weighted by molar-refractivity contribution is 6.31. The van der Waals surface area contributed by atoms with Gasteiger partial charge in [0.05, 0.1) is 0 Å². The molecule has 1 aliphatic rings. The molecule has 0 amide bonds. The Morgan fingerprint density at radius 1 is 0.931 bits per heavy atom. The summed E-state index contributed by atoms with van der Waals surface area (Å²) < 4.78 is 11.2. The predicted octanol–water partition coefficient (Wildman–Crippen LogP) is 5.92. The van der Waals surface area contributed by atoms with E-state index in [-0.39, 0.29) is 11.6 Å². The van der Waals surface area contributed by atoms with Crippen molar-refractivity contribution >= 4 is 41.1 Å². The zero-order valence-electron chi connectivity index (χ0n) is 15.1. The Hall–Kier alpha value is -3.08. The largest absolute Gasteiger partial charge is 0.488 e. The van der Waals surface area contributed by atoms with Gasteiger partial charge in [0.15, 0.2) is 5.70 Å². The average molecular weight is 424 g/mol. The van der Waals surface area contributed by atoms with Crippen LogP contribution in [0.4, 0.5) is 0 Å². The number of carbonyl (C=O) groups is 1. The summed E-state index contributed by atoms with van der Waals surface area (Å²) in [4.78, 5) is 16.6. The summed E-state index contributed by atoms with van der Waals surface area (Å²) in [7, 11) is 0. The lowest BCUT2D eigenvalue weighted by atomic mass is 10.1. The Bertz CT molecular complexity index is 1120. The number of ether oxygens (including phenoxy) is 2. The average Bonchev–Trinajstić information content (AvgIpc) is 3.09. The fourth-order valence-corrected chi connectivity index (χ4v) is 3.09. The molecule has 3 aromatic carbocycles. The van der Waals surface area contributed by atoms with E-state index in [1.807, 2.05) is 48.5 Å². The van der Waals surface area contributed by atoms with Crippen molar-refractivity contribution in [3.63, 3.8) is 0 Å². The minimum atomic E-state index is -0.521. The number of carbonyl (C=O) groups excluding carboxylic acids is 1. The molecule has 0 radical (unpaired) electrons. The van der Waals surface area contributed by atoms with Gasteiger partial charge in [-0.25, -0.2) is 9.79 Å². The van der Waals surface area contributed by atoms with Gasteiger partial charge in [-0.05, 0) is 48.0 Å². The molecular weight excluding hydrogens is 409 g/mol. The van der Waals surface area contributed by atoms with Gasteiger partial charge in [0.2, 0.25) is 5.90 Å². The minimum Gasteiger partial charge on any atom is -0.488 e. The smallest absolute Gasteiger partial charge is 0.363 e. The molecule has 0 bridgehead atoms. The van der Waals surface area contributed by atoms with Crippen molar-refractivity contribution in [1.29, 1.82) is 0 Å². The van der Waals surface area contributed by atoms with Gasteiger partial charge in [0.25, 0.3) is 0 Å². The van der Waals surface area contributed by atoms with Crippen LogP contribution in [0.25, 0.3) is 6.08 Å². The number of aliphatic imine (C=N–C) groups is 1. The van der Waals surface area contributed by atoms with Crippen molar-refractivity contribution < 1.29 is 14.3 Å². The summed E-state index contributed by atoms with van der Waals surface area (Å²) in [6, 6.07) is 21.8. The molecule has 0 N–H and O–H groups in total. The van der Waals surface area contributed by atoms with E-state index in [9.17, 15) is 4.79 Å². The molecule has 144 valence electrons. The quantitative estimate of drug-likeness (QED) is 0.378. The number of cyclic esters (lactones) is 1. The van der Waals surface area contributed by atoms with Gasteiger partial charge < -0.3 is 9.47 Å². The molecule has 3 aromatic rings. The molecule has 1 aliphatic heterocycles. The second-order valence-electron chi connectivity index (χ2n) is 6.30. The van der Waals surface area contributed by atoms with Crippen LogP contribution in [0.3, 0.4) is 0 Å². The number of benzene rings is 3. The maximum absolute atomic E-state index is 12.3. The second kappa shape index (κ2) is 8.52. The highest BCUT2D eigenvalue weighted by Crippen LogP contribution is 2.26. The molecule has 4 rings (SSSR count). The third-order valence-electron chi connectivity index (χ3n) is 4.21. The van der Waals surface area contributed by atoms with Crippen molar-refractivity contribution in [3.8, 4) is 5.75 Å². The summed E-state index contributed by atoms with van der Waals surface area (Å²) in [6.45, 7) is 0.374. The van der Waals surface area contributed by atoms with Crippen LogP contribution < -0.4 is 4.74 Å². The number of esters is 1. The van der Waals surface area contributed by atoms with E-state index in [1.165, 1.54) is 0 Å². The molecule has 29 heavy (non-hydrogen) atoms. The monoisotopic (exact) mass is 423 g/mol. The number of rotatable bonds is 5. The van der Waals surface area contributed by atoms with Crippen LogP contribution in [-0.2, 0) is 16.1 Å². The van der Waals surface area contributed by atoms with Crippen LogP contribution in [0.15, 0.2) is 83.5 Å². The Morgan fingerprint density at radius 2 is 1.72 bits per heavy atom. The number of para-hydroxylation sites is 1. The molecule has 0 unspecified atom stereocenters. The first-order valence-electron chi connectivity index (χ1n) is 8.83. The standard InChI is InChI=1S/C23H15Cl2NO3/c24-18-10-8-15(9-11-18)14-28-21-7-2-1-4-16(21)13-20-23(27)29-22(26-20)17-5-3-6-19(25)12-17/h1-13H,14H2/b20-13-. The van der Waals surface area contributed by atoms with Crippen molar-refractivity contribution in [3.05, 3.63) is 105 Å². The molecule has 0 aliphatic carbocycles. The summed E-state index contributed by atoms with van der Waals surface area (Å²) in [6.07, 6.45) is 1.65. The maximum Gasteiger partial charge on any atom is 0.363 e. The Labute approximate surface area is 178 Å². The molecule has 0 saturated carbocycles. The van der Waals surface area contributed by atoms with E-state index in [0.717, 1.165) is 11.1 Å². The zero-order valence-corrected chi connectivity index (χ0v) is 16.7. The van der Waals surface area contributed by atoms with Crippen LogP contribution in [-0.4, -0.2) is 11.9 Å². The highest BCUT2D eigenvalue weighted by atomic mass is 35.5. The summed E-state index contributed by atoms with van der Waals surface area (Å²) in [5.41, 5.74) is 2.55. The van der Waals surface area contributed by atoms with E-state index >= 15 is 0 Å². The van der Waals surface area contributed by atoms with Gasteiger partial charge in [-0.2, -0.15) is 0 Å². The van der Waals surface area contributed by atoms with Crippen molar-refractivity contribution in [1.82, 2.24) is 0 Å². The topological polar surface area (TPSA) is 47.9 Å². The normalized spacial score (nSPS) is 14.6. The van der Waals surface area contributed by atoms with Gasteiger partial charge in [-0.15, -0.1) is 0 Å². The van der Waals surface area contributed by atoms with E-state index in [1.54, 1.807) is 30.3 Å². The Kier molecular flexibility index (Phi) is 5.65. The van der Waals surface area contributed by atoms with E-state index < -0.39 is 5.97 Å². The SMILES string of the molecule is O=C1OC(c2cccc(Cl)c2)=N/C1=C\c1ccccc1OCc1ccc(Cl)cc1. The van der Waals surface area contributed by atoms with Gasteiger partial charge in [-0.3, -0.25) is 0 Å². The molecule has 1 heterocycles. The summed E-state index contributed by atoms with van der Waals surface area (Å²) in [5, 5.41) is 1.21. The molecule has 6 heteroatoms. The molecule has 0 aromatic heterocycles. The van der Waals surface area contributed by atoms with E-state index in [4.69, 9.17) is 32.7 Å². The predicted molar refractivity (Wildman–Crippen MR) is 114 cm³/mol. The van der Waals surface area contributed by atoms with Crippen molar-refractivity contribution in [2.75, 3.05) is 0 Å². The fraction of sp³-hybridized carbons (Fsp3) is 0.0435. The van der Waals surface area contributed by atoms with Crippen LogP contribution in [0, 0.1) is 0 Å². The van der Waals surface area contributed by atoms with Crippen LogP contribution >= 0.6 is 23.2 Å². The van der Waals surface area contributed by atoms with E-state index in [0.29, 0.717) is 28.0 Å². The fourth-order valence-electron chi connectivity index (χ4n) is 2.77. The first-order chi connectivity index (χ1) is 14.1. The number of halogens is 2. The molecule has 4 nitrogen and oxygen atoms in total. The first-order valence-corrected chi connectivity index (χ1v) is 9.59. The minimum absolute atomic E-state index is 0.197. The molecule has 0 saturated heterocycles.